The molecule has 84 valence electrons. The Balaban J connectivity index is 3.02. The smallest absolute Gasteiger partial charge is 0.0407 e. The number of benzene rings is 1. The zero-order chi connectivity index (χ0) is 11.4. The van der Waals surface area contributed by atoms with Gasteiger partial charge in [0.2, 0.25) is 0 Å². The fourth-order valence-corrected chi connectivity index (χ4v) is 1.72. The molecule has 1 aromatic rings. The molecule has 0 spiro atoms. The first kappa shape index (κ1) is 12.1. The van der Waals surface area contributed by atoms with Crippen molar-refractivity contribution in [1.82, 2.24) is 0 Å². The maximum absolute atomic E-state index is 3.61. The Hall–Kier alpha value is -0.980. The van der Waals surface area contributed by atoms with Gasteiger partial charge in [-0.1, -0.05) is 39.0 Å². The van der Waals surface area contributed by atoms with Crippen LogP contribution in [0.15, 0.2) is 18.2 Å². The van der Waals surface area contributed by atoms with E-state index in [0.717, 1.165) is 6.42 Å². The molecule has 0 fully saturated rings. The molecule has 0 amide bonds. The standard InChI is InChI=1S/C14H23N/c1-6-12(5)15-14-11(4)8-7-9-13(14)10(2)3/h7-10,12,15H,6H2,1-5H3. The molecule has 0 heterocycles. The lowest BCUT2D eigenvalue weighted by atomic mass is 9.97. The summed E-state index contributed by atoms with van der Waals surface area (Å²) < 4.78 is 0. The van der Waals surface area contributed by atoms with Crippen molar-refractivity contribution in [2.75, 3.05) is 5.32 Å². The number of hydrogen-bond donors (Lipinski definition) is 1. The van der Waals surface area contributed by atoms with E-state index in [4.69, 9.17) is 0 Å². The molecule has 0 aliphatic rings. The zero-order valence-corrected chi connectivity index (χ0v) is 10.6. The van der Waals surface area contributed by atoms with Crippen molar-refractivity contribution in [2.24, 2.45) is 0 Å². The fraction of sp³-hybridized carbons (Fsp3) is 0.571. The first-order valence-electron chi connectivity index (χ1n) is 5.92. The summed E-state index contributed by atoms with van der Waals surface area (Å²) in [6.45, 7) is 11.1. The SMILES string of the molecule is CCC(C)Nc1c(C)cccc1C(C)C. The Labute approximate surface area is 93.9 Å². The van der Waals surface area contributed by atoms with Crippen LogP contribution in [0.4, 0.5) is 5.69 Å². The quantitative estimate of drug-likeness (QED) is 0.771. The van der Waals surface area contributed by atoms with E-state index in [1.807, 2.05) is 0 Å². The lowest BCUT2D eigenvalue weighted by Crippen LogP contribution is -2.16. The molecular formula is C14H23N. The number of nitrogens with one attached hydrogen (secondary N) is 1. The highest BCUT2D eigenvalue weighted by atomic mass is 14.9. The van der Waals surface area contributed by atoms with Crippen molar-refractivity contribution in [3.8, 4) is 0 Å². The molecule has 1 N–H and O–H groups in total. The molecule has 1 rings (SSSR count). The van der Waals surface area contributed by atoms with Crippen molar-refractivity contribution in [3.05, 3.63) is 29.3 Å². The summed E-state index contributed by atoms with van der Waals surface area (Å²) in [7, 11) is 0. The highest BCUT2D eigenvalue weighted by Crippen LogP contribution is 2.28. The van der Waals surface area contributed by atoms with Crippen LogP contribution in [0, 0.1) is 6.92 Å². The Morgan fingerprint density at radius 1 is 1.20 bits per heavy atom. The average Bonchev–Trinajstić information content (AvgIpc) is 2.20. The van der Waals surface area contributed by atoms with Crippen LogP contribution in [0.25, 0.3) is 0 Å². The molecular weight excluding hydrogens is 182 g/mol. The van der Waals surface area contributed by atoms with E-state index < -0.39 is 0 Å². The molecule has 1 heteroatoms. The maximum atomic E-state index is 3.61. The van der Waals surface area contributed by atoms with Crippen LogP contribution < -0.4 is 5.32 Å². The number of hydrogen-bond acceptors (Lipinski definition) is 1. The summed E-state index contributed by atoms with van der Waals surface area (Å²) in [5.41, 5.74) is 4.11. The summed E-state index contributed by atoms with van der Waals surface area (Å²) in [6, 6.07) is 7.09. The van der Waals surface area contributed by atoms with E-state index >= 15 is 0 Å². The molecule has 1 atom stereocenters. The molecule has 0 aliphatic carbocycles. The van der Waals surface area contributed by atoms with Crippen LogP contribution in [0.3, 0.4) is 0 Å². The molecule has 0 saturated heterocycles. The van der Waals surface area contributed by atoms with Crippen molar-refractivity contribution >= 4 is 5.69 Å². The highest BCUT2D eigenvalue weighted by Gasteiger charge is 2.10. The molecule has 15 heavy (non-hydrogen) atoms. The monoisotopic (exact) mass is 205 g/mol. The molecule has 0 aromatic heterocycles. The maximum Gasteiger partial charge on any atom is 0.0407 e. The minimum absolute atomic E-state index is 0.545. The van der Waals surface area contributed by atoms with Crippen LogP contribution in [-0.2, 0) is 0 Å². The third-order valence-corrected chi connectivity index (χ3v) is 2.93. The Morgan fingerprint density at radius 2 is 1.87 bits per heavy atom. The number of aryl methyl sites for hydroxylation is 1. The number of rotatable bonds is 4. The van der Waals surface area contributed by atoms with Crippen LogP contribution in [0.2, 0.25) is 0 Å². The van der Waals surface area contributed by atoms with Crippen molar-refractivity contribution in [3.63, 3.8) is 0 Å². The number of anilines is 1. The van der Waals surface area contributed by atoms with Crippen LogP contribution in [0.5, 0.6) is 0 Å². The van der Waals surface area contributed by atoms with Gasteiger partial charge in [-0.05, 0) is 37.3 Å². The second-order valence-corrected chi connectivity index (χ2v) is 4.65. The normalized spacial score (nSPS) is 12.9. The van der Waals surface area contributed by atoms with Gasteiger partial charge in [0, 0.05) is 11.7 Å². The van der Waals surface area contributed by atoms with Gasteiger partial charge < -0.3 is 5.32 Å². The third-order valence-electron chi connectivity index (χ3n) is 2.93. The summed E-state index contributed by atoms with van der Waals surface area (Å²) >= 11 is 0. The lowest BCUT2D eigenvalue weighted by Gasteiger charge is -2.20. The Morgan fingerprint density at radius 3 is 2.40 bits per heavy atom. The van der Waals surface area contributed by atoms with E-state index in [9.17, 15) is 0 Å². The summed E-state index contributed by atoms with van der Waals surface area (Å²) in [5.74, 6) is 0.580. The molecule has 0 bridgehead atoms. The highest BCUT2D eigenvalue weighted by molar-refractivity contribution is 5.58. The molecule has 0 radical (unpaired) electrons. The van der Waals surface area contributed by atoms with E-state index in [1.165, 1.54) is 16.8 Å². The summed E-state index contributed by atoms with van der Waals surface area (Å²) in [5, 5.41) is 3.61. The van der Waals surface area contributed by atoms with Crippen molar-refractivity contribution in [1.29, 1.82) is 0 Å². The molecule has 1 unspecified atom stereocenters. The van der Waals surface area contributed by atoms with Crippen LogP contribution in [-0.4, -0.2) is 6.04 Å². The van der Waals surface area contributed by atoms with E-state index in [1.54, 1.807) is 0 Å². The van der Waals surface area contributed by atoms with E-state index in [0.29, 0.717) is 12.0 Å². The minimum Gasteiger partial charge on any atom is -0.382 e. The van der Waals surface area contributed by atoms with Gasteiger partial charge in [-0.3, -0.25) is 0 Å². The van der Waals surface area contributed by atoms with E-state index in [2.05, 4.69) is 58.1 Å². The van der Waals surface area contributed by atoms with Gasteiger partial charge in [0.1, 0.15) is 0 Å². The molecule has 1 aromatic carbocycles. The summed E-state index contributed by atoms with van der Waals surface area (Å²) in [4.78, 5) is 0. The average molecular weight is 205 g/mol. The fourth-order valence-electron chi connectivity index (χ4n) is 1.72. The largest absolute Gasteiger partial charge is 0.382 e. The van der Waals surface area contributed by atoms with E-state index in [-0.39, 0.29) is 0 Å². The second-order valence-electron chi connectivity index (χ2n) is 4.65. The first-order valence-corrected chi connectivity index (χ1v) is 5.92. The lowest BCUT2D eigenvalue weighted by molar-refractivity contribution is 0.756. The Kier molecular flexibility index (Phi) is 4.19. The first-order chi connectivity index (χ1) is 7.06. The van der Waals surface area contributed by atoms with Crippen molar-refractivity contribution in [2.45, 2.75) is 53.0 Å². The predicted octanol–water partition coefficient (Wildman–Crippen LogP) is 4.33. The molecule has 1 nitrogen and oxygen atoms in total. The van der Waals surface area contributed by atoms with Gasteiger partial charge in [-0.2, -0.15) is 0 Å². The third kappa shape index (κ3) is 2.98. The van der Waals surface area contributed by atoms with Gasteiger partial charge in [-0.25, -0.2) is 0 Å². The second kappa shape index (κ2) is 5.20. The number of para-hydroxylation sites is 1. The van der Waals surface area contributed by atoms with Crippen LogP contribution in [0.1, 0.15) is 51.2 Å². The van der Waals surface area contributed by atoms with Crippen molar-refractivity contribution < 1.29 is 0 Å². The molecule has 0 saturated carbocycles. The van der Waals surface area contributed by atoms with Gasteiger partial charge in [0.05, 0.1) is 0 Å². The predicted molar refractivity (Wildman–Crippen MR) is 68.6 cm³/mol. The summed E-state index contributed by atoms with van der Waals surface area (Å²) in [6.07, 6.45) is 1.16. The van der Waals surface area contributed by atoms with Gasteiger partial charge in [0.15, 0.2) is 0 Å². The van der Waals surface area contributed by atoms with Gasteiger partial charge >= 0.3 is 0 Å². The topological polar surface area (TPSA) is 12.0 Å². The zero-order valence-electron chi connectivity index (χ0n) is 10.6. The molecule has 0 aliphatic heterocycles. The van der Waals surface area contributed by atoms with Gasteiger partial charge in [0.25, 0.3) is 0 Å². The van der Waals surface area contributed by atoms with Crippen LogP contribution >= 0.6 is 0 Å². The minimum atomic E-state index is 0.545. The Bertz CT molecular complexity index is 315. The van der Waals surface area contributed by atoms with Gasteiger partial charge in [-0.15, -0.1) is 0 Å².